The van der Waals surface area contributed by atoms with Gasteiger partial charge in [0.25, 0.3) is 11.5 Å². The number of hydrogen-bond acceptors (Lipinski definition) is 3. The van der Waals surface area contributed by atoms with Gasteiger partial charge in [0.1, 0.15) is 5.56 Å². The van der Waals surface area contributed by atoms with Crippen molar-refractivity contribution >= 4 is 11.8 Å². The summed E-state index contributed by atoms with van der Waals surface area (Å²) < 4.78 is 1.58. The van der Waals surface area contributed by atoms with Crippen molar-refractivity contribution in [3.63, 3.8) is 0 Å². The molecule has 2 aromatic rings. The summed E-state index contributed by atoms with van der Waals surface area (Å²) in [4.78, 5) is 40.4. The molecule has 3 rings (SSSR count). The smallest absolute Gasteiger partial charge is 0.263 e. The lowest BCUT2D eigenvalue weighted by molar-refractivity contribution is -0.126. The van der Waals surface area contributed by atoms with Crippen molar-refractivity contribution in [2.24, 2.45) is 5.92 Å². The Morgan fingerprint density at radius 1 is 1.12 bits per heavy atom. The number of piperidine rings is 1. The van der Waals surface area contributed by atoms with E-state index < -0.39 is 0 Å². The number of hydrogen-bond donors (Lipinski definition) is 1. The van der Waals surface area contributed by atoms with Crippen molar-refractivity contribution in [2.75, 3.05) is 19.6 Å². The van der Waals surface area contributed by atoms with Gasteiger partial charge in [-0.15, -0.1) is 0 Å². The van der Waals surface area contributed by atoms with Crippen LogP contribution < -0.4 is 10.9 Å². The van der Waals surface area contributed by atoms with E-state index in [1.165, 1.54) is 12.8 Å². The van der Waals surface area contributed by atoms with E-state index in [1.807, 2.05) is 31.2 Å². The third-order valence-electron chi connectivity index (χ3n) is 6.09. The van der Waals surface area contributed by atoms with Crippen LogP contribution in [0.4, 0.5) is 0 Å². The average Bonchev–Trinajstić information content (AvgIpc) is 2.80. The maximum absolute atomic E-state index is 13.2. The molecular formula is C26H35N3O3. The molecule has 172 valence electrons. The quantitative estimate of drug-likeness (QED) is 0.607. The van der Waals surface area contributed by atoms with E-state index in [9.17, 15) is 14.4 Å². The molecule has 0 radical (unpaired) electrons. The Morgan fingerprint density at radius 3 is 2.75 bits per heavy atom. The van der Waals surface area contributed by atoms with Crippen molar-refractivity contribution < 1.29 is 9.59 Å². The van der Waals surface area contributed by atoms with Gasteiger partial charge in [0.15, 0.2) is 0 Å². The van der Waals surface area contributed by atoms with Gasteiger partial charge < -0.3 is 14.8 Å². The minimum Gasteiger partial charge on any atom is -0.356 e. The maximum Gasteiger partial charge on any atom is 0.263 e. The molecule has 1 fully saturated rings. The molecule has 1 unspecified atom stereocenters. The minimum atomic E-state index is -0.290. The molecule has 1 aromatic heterocycles. The third kappa shape index (κ3) is 6.31. The number of aromatic nitrogens is 1. The van der Waals surface area contributed by atoms with Crippen LogP contribution in [0.15, 0.2) is 47.4 Å². The van der Waals surface area contributed by atoms with Crippen LogP contribution in [-0.4, -0.2) is 40.9 Å². The summed E-state index contributed by atoms with van der Waals surface area (Å²) in [5, 5.41) is 3.02. The molecular weight excluding hydrogens is 402 g/mol. The second-order valence-electron chi connectivity index (χ2n) is 8.79. The lowest BCUT2D eigenvalue weighted by atomic mass is 9.96. The first-order chi connectivity index (χ1) is 15.5. The molecule has 6 nitrogen and oxygen atoms in total. The predicted octanol–water partition coefficient (Wildman–Crippen LogP) is 3.75. The topological polar surface area (TPSA) is 71.4 Å². The first-order valence-electron chi connectivity index (χ1n) is 11.8. The van der Waals surface area contributed by atoms with Gasteiger partial charge in [-0.05, 0) is 43.9 Å². The monoisotopic (exact) mass is 437 g/mol. The van der Waals surface area contributed by atoms with Crippen LogP contribution >= 0.6 is 0 Å². The number of amides is 2. The van der Waals surface area contributed by atoms with Crippen LogP contribution in [-0.2, 0) is 11.3 Å². The van der Waals surface area contributed by atoms with E-state index in [1.54, 1.807) is 27.8 Å². The van der Waals surface area contributed by atoms with E-state index in [-0.39, 0.29) is 28.9 Å². The Hall–Kier alpha value is -2.89. The van der Waals surface area contributed by atoms with Gasteiger partial charge in [-0.3, -0.25) is 14.4 Å². The fourth-order valence-corrected chi connectivity index (χ4v) is 4.28. The van der Waals surface area contributed by atoms with Gasteiger partial charge in [0.05, 0.1) is 12.5 Å². The van der Waals surface area contributed by atoms with Crippen molar-refractivity contribution in [1.29, 1.82) is 0 Å². The molecule has 0 bridgehead atoms. The lowest BCUT2D eigenvalue weighted by Gasteiger charge is -2.32. The average molecular weight is 438 g/mol. The number of carbonyl (C=O) groups excluding carboxylic acids is 2. The molecule has 1 aliphatic heterocycles. The number of nitrogens with one attached hydrogen (secondary N) is 1. The number of pyridine rings is 1. The van der Waals surface area contributed by atoms with E-state index in [2.05, 4.69) is 12.2 Å². The first-order valence-corrected chi connectivity index (χ1v) is 11.8. The highest BCUT2D eigenvalue weighted by molar-refractivity contribution is 5.94. The zero-order chi connectivity index (χ0) is 22.9. The SMILES string of the molecule is CCCCCCNC(=O)C1CCCN(C(=O)c2cccn(Cc3cccc(C)c3)c2=O)C1. The number of likely N-dealkylation sites (tertiary alicyclic amines) is 1. The van der Waals surface area contributed by atoms with E-state index in [4.69, 9.17) is 0 Å². The number of carbonyl (C=O) groups is 2. The largest absolute Gasteiger partial charge is 0.356 e. The van der Waals surface area contributed by atoms with Crippen LogP contribution in [0.5, 0.6) is 0 Å². The summed E-state index contributed by atoms with van der Waals surface area (Å²) in [7, 11) is 0. The predicted molar refractivity (Wildman–Crippen MR) is 127 cm³/mol. The fourth-order valence-electron chi connectivity index (χ4n) is 4.28. The molecule has 1 aliphatic rings. The Kier molecular flexibility index (Phi) is 8.65. The summed E-state index contributed by atoms with van der Waals surface area (Å²) in [6.45, 7) is 6.23. The molecule has 32 heavy (non-hydrogen) atoms. The molecule has 0 spiro atoms. The molecule has 1 N–H and O–H groups in total. The van der Waals surface area contributed by atoms with E-state index >= 15 is 0 Å². The molecule has 6 heteroatoms. The van der Waals surface area contributed by atoms with Gasteiger partial charge in [-0.2, -0.15) is 0 Å². The number of aryl methyl sites for hydroxylation is 1. The lowest BCUT2D eigenvalue weighted by Crippen LogP contribution is -2.47. The zero-order valence-corrected chi connectivity index (χ0v) is 19.3. The van der Waals surface area contributed by atoms with E-state index in [0.29, 0.717) is 26.2 Å². The van der Waals surface area contributed by atoms with Crippen molar-refractivity contribution in [3.8, 4) is 0 Å². The summed E-state index contributed by atoms with van der Waals surface area (Å²) in [5.74, 6) is -0.477. The van der Waals surface area contributed by atoms with Crippen LogP contribution in [0.1, 0.15) is 66.9 Å². The molecule has 1 saturated heterocycles. The third-order valence-corrected chi connectivity index (χ3v) is 6.09. The first kappa shape index (κ1) is 23.8. The van der Waals surface area contributed by atoms with Gasteiger partial charge in [0.2, 0.25) is 5.91 Å². The van der Waals surface area contributed by atoms with Crippen molar-refractivity contribution in [1.82, 2.24) is 14.8 Å². The van der Waals surface area contributed by atoms with Crippen molar-refractivity contribution in [2.45, 2.75) is 58.9 Å². The van der Waals surface area contributed by atoms with Crippen molar-refractivity contribution in [3.05, 3.63) is 69.6 Å². The summed E-state index contributed by atoms with van der Waals surface area (Å²) in [6.07, 6.45) is 7.71. The highest BCUT2D eigenvalue weighted by Gasteiger charge is 2.29. The second-order valence-corrected chi connectivity index (χ2v) is 8.79. The fraction of sp³-hybridized carbons (Fsp3) is 0.500. The highest BCUT2D eigenvalue weighted by Crippen LogP contribution is 2.18. The summed E-state index contributed by atoms with van der Waals surface area (Å²) in [6, 6.07) is 11.3. The number of unbranched alkanes of at least 4 members (excludes halogenated alkanes) is 3. The summed E-state index contributed by atoms with van der Waals surface area (Å²) in [5.41, 5.74) is 2.03. The van der Waals surface area contributed by atoms with Gasteiger partial charge in [0, 0.05) is 25.8 Å². The molecule has 1 aromatic carbocycles. The van der Waals surface area contributed by atoms with Crippen LogP contribution in [0, 0.1) is 12.8 Å². The maximum atomic E-state index is 13.2. The molecule has 0 saturated carbocycles. The Bertz CT molecular complexity index is 982. The normalized spacial score (nSPS) is 16.1. The number of benzene rings is 1. The standard InChI is InChI=1S/C26H35N3O3/c1-3-4-5-6-14-27-24(30)22-12-8-15-29(19-22)26(32)23-13-9-16-28(25(23)31)18-21-11-7-10-20(2)17-21/h7,9-11,13,16-17,22H,3-6,8,12,14-15,18-19H2,1-2H3,(H,27,30). The van der Waals surface area contributed by atoms with Crippen LogP contribution in [0.2, 0.25) is 0 Å². The van der Waals surface area contributed by atoms with Gasteiger partial charge >= 0.3 is 0 Å². The van der Waals surface area contributed by atoms with Gasteiger partial charge in [-0.1, -0.05) is 56.0 Å². The minimum absolute atomic E-state index is 0.0175. The Labute approximate surface area is 190 Å². The van der Waals surface area contributed by atoms with Crippen LogP contribution in [0.3, 0.4) is 0 Å². The Morgan fingerprint density at radius 2 is 1.97 bits per heavy atom. The van der Waals surface area contributed by atoms with Gasteiger partial charge in [-0.25, -0.2) is 0 Å². The van der Waals surface area contributed by atoms with E-state index in [0.717, 1.165) is 36.8 Å². The zero-order valence-electron chi connectivity index (χ0n) is 19.3. The second kappa shape index (κ2) is 11.7. The number of rotatable bonds is 9. The molecule has 0 aliphatic carbocycles. The molecule has 2 heterocycles. The number of nitrogens with zero attached hydrogens (tertiary/aromatic N) is 2. The highest BCUT2D eigenvalue weighted by atomic mass is 16.2. The Balaban J connectivity index is 1.64. The molecule has 1 atom stereocenters. The molecule has 2 amide bonds. The summed E-state index contributed by atoms with van der Waals surface area (Å²) >= 11 is 0. The van der Waals surface area contributed by atoms with Crippen LogP contribution in [0.25, 0.3) is 0 Å².